The lowest BCUT2D eigenvalue weighted by atomic mass is 10.0. The van der Waals surface area contributed by atoms with Gasteiger partial charge in [0.2, 0.25) is 0 Å². The average Bonchev–Trinajstić information content (AvgIpc) is 3.69. The van der Waals surface area contributed by atoms with Crippen LogP contribution in [0.5, 0.6) is 0 Å². The maximum absolute atomic E-state index is 6.30. The number of nitrogen functional groups attached to an aromatic ring is 1. The molecule has 0 bridgehead atoms. The van der Waals surface area contributed by atoms with E-state index in [1.807, 2.05) is 56.3 Å². The lowest BCUT2D eigenvalue weighted by Crippen LogP contribution is -2.25. The highest BCUT2D eigenvalue weighted by Gasteiger charge is 2.35. The van der Waals surface area contributed by atoms with Gasteiger partial charge in [0.25, 0.3) is 0 Å². The Labute approximate surface area is 237 Å². The zero-order valence-electron chi connectivity index (χ0n) is 22.6. The third-order valence-electron chi connectivity index (χ3n) is 7.72. The molecular formula is C33H39N7. The summed E-state index contributed by atoms with van der Waals surface area (Å²) in [4.78, 5) is 16.9. The van der Waals surface area contributed by atoms with Crippen molar-refractivity contribution in [3.05, 3.63) is 90.6 Å². The molecule has 7 rings (SSSR count). The second kappa shape index (κ2) is 12.0. The molecule has 0 aliphatic carbocycles. The number of anilines is 1. The van der Waals surface area contributed by atoms with Gasteiger partial charge >= 0.3 is 0 Å². The van der Waals surface area contributed by atoms with E-state index in [1.54, 1.807) is 6.20 Å². The number of nitrogens with two attached hydrogens (primary N) is 1. The first-order valence-corrected chi connectivity index (χ1v) is 13.9. The van der Waals surface area contributed by atoms with E-state index >= 15 is 0 Å². The SMILES string of the molecule is C.CC.Nc1ncccc1-c1nc2ccc(-c3ccccc3)nc2n1-c1ccc(CN2CC3CNCC3C2)cc1. The van der Waals surface area contributed by atoms with Crippen molar-refractivity contribution < 1.29 is 0 Å². The number of likely N-dealkylation sites (tertiary alicyclic amines) is 1. The number of imidazole rings is 1. The number of pyridine rings is 2. The lowest BCUT2D eigenvalue weighted by Gasteiger charge is -2.17. The number of hydrogen-bond donors (Lipinski definition) is 2. The maximum Gasteiger partial charge on any atom is 0.165 e. The minimum Gasteiger partial charge on any atom is -0.383 e. The molecule has 7 heteroatoms. The second-order valence-corrected chi connectivity index (χ2v) is 10.2. The topological polar surface area (TPSA) is 84.9 Å². The standard InChI is InChI=1S/C30H29N7.C2H6.CH4/c31-28-25(7-4-14-33-28)29-35-27-13-12-26(21-5-2-1-3-6-21)34-30(27)37(29)24-10-8-20(9-11-24)17-36-18-22-15-32-16-23(22)19-36;1-2;/h1-14,22-23,32H,15-19H2,(H2,31,33);1-2H3;1H4. The summed E-state index contributed by atoms with van der Waals surface area (Å²) in [7, 11) is 0. The van der Waals surface area contributed by atoms with E-state index in [1.165, 1.54) is 18.7 Å². The van der Waals surface area contributed by atoms with Gasteiger partial charge in [-0.2, -0.15) is 0 Å². The van der Waals surface area contributed by atoms with Gasteiger partial charge in [-0.15, -0.1) is 0 Å². The van der Waals surface area contributed by atoms with Gasteiger partial charge in [-0.1, -0.05) is 63.7 Å². The van der Waals surface area contributed by atoms with Crippen molar-refractivity contribution in [1.82, 2.24) is 29.7 Å². The molecule has 2 atom stereocenters. The van der Waals surface area contributed by atoms with Crippen LogP contribution in [-0.2, 0) is 6.54 Å². The summed E-state index contributed by atoms with van der Waals surface area (Å²) in [5, 5.41) is 3.53. The Bertz CT molecular complexity index is 1550. The number of nitrogens with one attached hydrogen (secondary N) is 1. The van der Waals surface area contributed by atoms with Crippen LogP contribution in [-0.4, -0.2) is 50.6 Å². The fourth-order valence-corrected chi connectivity index (χ4v) is 5.85. The van der Waals surface area contributed by atoms with Crippen molar-refractivity contribution in [2.75, 3.05) is 31.9 Å². The summed E-state index contributed by atoms with van der Waals surface area (Å²) in [5.74, 6) is 2.79. The van der Waals surface area contributed by atoms with Crippen molar-refractivity contribution in [2.45, 2.75) is 27.8 Å². The van der Waals surface area contributed by atoms with Crippen molar-refractivity contribution in [3.8, 4) is 28.3 Å². The number of nitrogens with zero attached hydrogens (tertiary/aromatic N) is 5. The normalized spacial score (nSPS) is 18.1. The monoisotopic (exact) mass is 533 g/mol. The van der Waals surface area contributed by atoms with E-state index in [0.717, 1.165) is 71.0 Å². The number of benzene rings is 2. The Kier molecular flexibility index (Phi) is 8.24. The molecule has 5 heterocycles. The van der Waals surface area contributed by atoms with Gasteiger partial charge in [-0.3, -0.25) is 9.47 Å². The summed E-state index contributed by atoms with van der Waals surface area (Å²) in [6, 6.07) is 26.9. The van der Waals surface area contributed by atoms with Crippen LogP contribution in [0.4, 0.5) is 5.82 Å². The molecule has 0 amide bonds. The molecule has 2 saturated heterocycles. The fraction of sp³-hybridized carbons (Fsp3) is 0.303. The molecule has 7 nitrogen and oxygen atoms in total. The van der Waals surface area contributed by atoms with Crippen molar-refractivity contribution in [3.63, 3.8) is 0 Å². The van der Waals surface area contributed by atoms with Crippen molar-refractivity contribution >= 4 is 17.0 Å². The molecule has 0 radical (unpaired) electrons. The summed E-state index contributed by atoms with van der Waals surface area (Å²) in [5.41, 5.74) is 13.0. The minimum absolute atomic E-state index is 0. The Morgan fingerprint density at radius 3 is 2.27 bits per heavy atom. The van der Waals surface area contributed by atoms with E-state index in [0.29, 0.717) is 5.82 Å². The zero-order chi connectivity index (χ0) is 26.8. The summed E-state index contributed by atoms with van der Waals surface area (Å²) in [6.07, 6.45) is 1.70. The summed E-state index contributed by atoms with van der Waals surface area (Å²) in [6.45, 7) is 9.67. The molecule has 2 aliphatic rings. The molecule has 0 spiro atoms. The lowest BCUT2D eigenvalue weighted by molar-refractivity contribution is 0.305. The van der Waals surface area contributed by atoms with Crippen molar-refractivity contribution in [1.29, 1.82) is 0 Å². The molecule has 5 aromatic rings. The number of fused-ring (bicyclic) bond motifs is 2. The quantitative estimate of drug-likeness (QED) is 0.286. The average molecular weight is 534 g/mol. The maximum atomic E-state index is 6.30. The van der Waals surface area contributed by atoms with Gasteiger partial charge in [-0.25, -0.2) is 15.0 Å². The largest absolute Gasteiger partial charge is 0.383 e. The van der Waals surface area contributed by atoms with Crippen LogP contribution in [0.25, 0.3) is 39.5 Å². The number of aromatic nitrogens is 4. The molecule has 2 unspecified atom stereocenters. The van der Waals surface area contributed by atoms with E-state index in [4.69, 9.17) is 15.7 Å². The molecule has 3 N–H and O–H groups in total. The highest BCUT2D eigenvalue weighted by Crippen LogP contribution is 2.32. The Balaban J connectivity index is 0.00000105. The third kappa shape index (κ3) is 5.22. The van der Waals surface area contributed by atoms with E-state index in [2.05, 4.69) is 56.2 Å². The summed E-state index contributed by atoms with van der Waals surface area (Å²) < 4.78 is 2.10. The van der Waals surface area contributed by atoms with Gasteiger partial charge in [-0.05, 0) is 66.9 Å². The van der Waals surface area contributed by atoms with Crippen LogP contribution in [0.3, 0.4) is 0 Å². The van der Waals surface area contributed by atoms with Crippen molar-refractivity contribution in [2.24, 2.45) is 11.8 Å². The highest BCUT2D eigenvalue weighted by atomic mass is 15.2. The number of hydrogen-bond acceptors (Lipinski definition) is 6. The van der Waals surface area contributed by atoms with Crippen LogP contribution in [0.15, 0.2) is 85.1 Å². The fourth-order valence-electron chi connectivity index (χ4n) is 5.85. The second-order valence-electron chi connectivity index (χ2n) is 10.2. The van der Waals surface area contributed by atoms with Crippen LogP contribution >= 0.6 is 0 Å². The molecule has 0 saturated carbocycles. The Morgan fingerprint density at radius 2 is 1.57 bits per heavy atom. The van der Waals surface area contributed by atoms with Gasteiger partial charge < -0.3 is 11.1 Å². The predicted molar refractivity (Wildman–Crippen MR) is 165 cm³/mol. The first-order chi connectivity index (χ1) is 19.2. The van der Waals surface area contributed by atoms with Crippen LogP contribution in [0.1, 0.15) is 26.8 Å². The predicted octanol–water partition coefficient (Wildman–Crippen LogP) is 6.05. The molecule has 3 aromatic heterocycles. The molecular weight excluding hydrogens is 494 g/mol. The van der Waals surface area contributed by atoms with Crippen LogP contribution in [0, 0.1) is 11.8 Å². The third-order valence-corrected chi connectivity index (χ3v) is 7.72. The minimum atomic E-state index is 0. The van der Waals surface area contributed by atoms with E-state index in [9.17, 15) is 0 Å². The first-order valence-electron chi connectivity index (χ1n) is 13.9. The first kappa shape index (κ1) is 27.5. The molecule has 206 valence electrons. The van der Waals surface area contributed by atoms with Crippen LogP contribution < -0.4 is 11.1 Å². The Morgan fingerprint density at radius 1 is 0.850 bits per heavy atom. The smallest absolute Gasteiger partial charge is 0.165 e. The van der Waals surface area contributed by atoms with Crippen LogP contribution in [0.2, 0.25) is 0 Å². The zero-order valence-corrected chi connectivity index (χ0v) is 22.6. The van der Waals surface area contributed by atoms with Gasteiger partial charge in [0, 0.05) is 37.1 Å². The number of rotatable bonds is 5. The highest BCUT2D eigenvalue weighted by molar-refractivity contribution is 5.84. The molecule has 2 fully saturated rings. The van der Waals surface area contributed by atoms with Gasteiger partial charge in [0.05, 0.1) is 11.3 Å². The van der Waals surface area contributed by atoms with E-state index in [-0.39, 0.29) is 7.43 Å². The van der Waals surface area contributed by atoms with Gasteiger partial charge in [0.15, 0.2) is 11.5 Å². The molecule has 2 aromatic carbocycles. The summed E-state index contributed by atoms with van der Waals surface area (Å²) >= 11 is 0. The molecule has 40 heavy (non-hydrogen) atoms. The Hall–Kier alpha value is -4.07. The molecule has 2 aliphatic heterocycles. The van der Waals surface area contributed by atoms with E-state index < -0.39 is 0 Å². The van der Waals surface area contributed by atoms with Gasteiger partial charge in [0.1, 0.15) is 11.3 Å².